The van der Waals surface area contributed by atoms with Gasteiger partial charge in [-0.3, -0.25) is 4.79 Å². The Labute approximate surface area is 99.1 Å². The Hall–Kier alpha value is -0.790. The van der Waals surface area contributed by atoms with E-state index in [-0.39, 0.29) is 12.1 Å². The molecule has 1 heterocycles. The van der Waals surface area contributed by atoms with Crippen LogP contribution in [0, 0.1) is 0 Å². The minimum absolute atomic E-state index is 0.0297. The van der Waals surface area contributed by atoms with Gasteiger partial charge in [-0.25, -0.2) is 0 Å². The van der Waals surface area contributed by atoms with Gasteiger partial charge in [0.1, 0.15) is 0 Å². The maximum Gasteiger partial charge on any atom is 0.306 e. The summed E-state index contributed by atoms with van der Waals surface area (Å²) in [6, 6.07) is 0. The zero-order valence-corrected chi connectivity index (χ0v) is 10.4. The summed E-state index contributed by atoms with van der Waals surface area (Å²) in [5, 5.41) is 0. The van der Waals surface area contributed by atoms with Gasteiger partial charge in [0.2, 0.25) is 0 Å². The van der Waals surface area contributed by atoms with E-state index in [1.165, 1.54) is 32.1 Å². The van der Waals surface area contributed by atoms with Gasteiger partial charge in [-0.1, -0.05) is 25.0 Å². The van der Waals surface area contributed by atoms with Crippen LogP contribution >= 0.6 is 0 Å². The van der Waals surface area contributed by atoms with E-state index in [9.17, 15) is 4.79 Å². The molecule has 0 fully saturated rings. The molecule has 0 aromatic heterocycles. The standard InChI is InChI=1S/C14H24O2/c1-13-11-9-7-5-3-2-4-6-8-10-12-14(15)16-13/h4,6,13H,2-3,5,7-12H2,1H3/t13-/m1/s1. The molecule has 16 heavy (non-hydrogen) atoms. The number of hydrogen-bond acceptors (Lipinski definition) is 2. The minimum atomic E-state index is -0.0297. The summed E-state index contributed by atoms with van der Waals surface area (Å²) >= 11 is 0. The van der Waals surface area contributed by atoms with Gasteiger partial charge in [-0.2, -0.15) is 0 Å². The Balaban J connectivity index is 2.31. The molecule has 92 valence electrons. The third-order valence-corrected chi connectivity index (χ3v) is 2.98. The first-order valence-electron chi connectivity index (χ1n) is 6.63. The topological polar surface area (TPSA) is 26.3 Å². The second-order valence-electron chi connectivity index (χ2n) is 4.66. The molecule has 0 aliphatic carbocycles. The third kappa shape index (κ3) is 6.65. The van der Waals surface area contributed by atoms with Crippen molar-refractivity contribution in [3.63, 3.8) is 0 Å². The van der Waals surface area contributed by atoms with E-state index in [4.69, 9.17) is 4.74 Å². The smallest absolute Gasteiger partial charge is 0.306 e. The zero-order valence-electron chi connectivity index (χ0n) is 10.4. The molecule has 1 aliphatic rings. The van der Waals surface area contributed by atoms with Gasteiger partial charge < -0.3 is 4.74 Å². The second-order valence-corrected chi connectivity index (χ2v) is 4.66. The van der Waals surface area contributed by atoms with Crippen molar-refractivity contribution in [2.45, 2.75) is 70.8 Å². The molecule has 2 nitrogen and oxygen atoms in total. The fourth-order valence-corrected chi connectivity index (χ4v) is 1.99. The summed E-state index contributed by atoms with van der Waals surface area (Å²) < 4.78 is 5.33. The van der Waals surface area contributed by atoms with Gasteiger partial charge in [0.05, 0.1) is 6.10 Å². The van der Waals surface area contributed by atoms with Gasteiger partial charge in [0.25, 0.3) is 0 Å². The number of carbonyl (C=O) groups is 1. The maximum atomic E-state index is 11.4. The van der Waals surface area contributed by atoms with E-state index >= 15 is 0 Å². The largest absolute Gasteiger partial charge is 0.463 e. The van der Waals surface area contributed by atoms with Crippen molar-refractivity contribution in [2.75, 3.05) is 0 Å². The van der Waals surface area contributed by atoms with Crippen LogP contribution in [0.25, 0.3) is 0 Å². The van der Waals surface area contributed by atoms with Crippen molar-refractivity contribution in [1.82, 2.24) is 0 Å². The number of ether oxygens (including phenoxy) is 1. The molecule has 0 saturated carbocycles. The maximum absolute atomic E-state index is 11.4. The van der Waals surface area contributed by atoms with Crippen molar-refractivity contribution in [2.24, 2.45) is 0 Å². The Morgan fingerprint density at radius 2 is 1.75 bits per heavy atom. The lowest BCUT2D eigenvalue weighted by atomic mass is 10.1. The van der Waals surface area contributed by atoms with Crippen molar-refractivity contribution >= 4 is 5.97 Å². The van der Waals surface area contributed by atoms with Crippen LogP contribution in [0.1, 0.15) is 64.7 Å². The van der Waals surface area contributed by atoms with Gasteiger partial charge >= 0.3 is 5.97 Å². The minimum Gasteiger partial charge on any atom is -0.463 e. The third-order valence-electron chi connectivity index (χ3n) is 2.98. The Morgan fingerprint density at radius 3 is 2.56 bits per heavy atom. The first-order chi connectivity index (χ1) is 7.79. The average Bonchev–Trinajstić information content (AvgIpc) is 2.25. The number of carbonyl (C=O) groups excluding carboxylic acids is 1. The predicted molar refractivity (Wildman–Crippen MR) is 66.2 cm³/mol. The number of hydrogen-bond donors (Lipinski definition) is 0. The summed E-state index contributed by atoms with van der Waals surface area (Å²) in [6.07, 6.45) is 14.3. The lowest BCUT2D eigenvalue weighted by Crippen LogP contribution is -2.14. The molecule has 0 saturated heterocycles. The molecule has 0 aromatic carbocycles. The monoisotopic (exact) mass is 224 g/mol. The zero-order chi connectivity index (χ0) is 11.6. The molecule has 0 aromatic rings. The highest BCUT2D eigenvalue weighted by Crippen LogP contribution is 2.12. The summed E-state index contributed by atoms with van der Waals surface area (Å²) in [6.45, 7) is 2.00. The summed E-state index contributed by atoms with van der Waals surface area (Å²) in [5.41, 5.74) is 0. The molecule has 2 heteroatoms. The van der Waals surface area contributed by atoms with Crippen molar-refractivity contribution in [3.05, 3.63) is 12.2 Å². The van der Waals surface area contributed by atoms with Gasteiger partial charge in [0, 0.05) is 6.42 Å². The van der Waals surface area contributed by atoms with Gasteiger partial charge in [-0.15, -0.1) is 0 Å². The Bertz CT molecular complexity index is 221. The summed E-state index contributed by atoms with van der Waals surface area (Å²) in [5.74, 6) is -0.0297. The predicted octanol–water partition coefficient (Wildman–Crippen LogP) is 4.00. The van der Waals surface area contributed by atoms with Crippen LogP contribution in [0.5, 0.6) is 0 Å². The first kappa shape index (κ1) is 13.3. The highest BCUT2D eigenvalue weighted by atomic mass is 16.5. The van der Waals surface area contributed by atoms with Crippen LogP contribution in [0.2, 0.25) is 0 Å². The quantitative estimate of drug-likeness (QED) is 0.459. The highest BCUT2D eigenvalue weighted by Gasteiger charge is 2.08. The molecule has 0 unspecified atom stereocenters. The van der Waals surface area contributed by atoms with Crippen LogP contribution < -0.4 is 0 Å². The lowest BCUT2D eigenvalue weighted by molar-refractivity contribution is -0.148. The second kappa shape index (κ2) is 8.37. The molecular formula is C14H24O2. The van der Waals surface area contributed by atoms with Crippen LogP contribution in [0.4, 0.5) is 0 Å². The molecule has 0 radical (unpaired) electrons. The average molecular weight is 224 g/mol. The fraction of sp³-hybridized carbons (Fsp3) is 0.786. The van der Waals surface area contributed by atoms with E-state index in [0.717, 1.165) is 19.3 Å². The van der Waals surface area contributed by atoms with E-state index in [1.54, 1.807) is 0 Å². The number of esters is 1. The van der Waals surface area contributed by atoms with Crippen molar-refractivity contribution < 1.29 is 9.53 Å². The molecule has 0 N–H and O–H groups in total. The number of rotatable bonds is 0. The van der Waals surface area contributed by atoms with E-state index < -0.39 is 0 Å². The number of allylic oxidation sites excluding steroid dienone is 2. The van der Waals surface area contributed by atoms with Crippen LogP contribution in [0.3, 0.4) is 0 Å². The molecule has 1 rings (SSSR count). The summed E-state index contributed by atoms with van der Waals surface area (Å²) in [7, 11) is 0. The molecule has 1 atom stereocenters. The molecule has 0 bridgehead atoms. The highest BCUT2D eigenvalue weighted by molar-refractivity contribution is 5.69. The molecule has 0 amide bonds. The Morgan fingerprint density at radius 1 is 1.06 bits per heavy atom. The summed E-state index contributed by atoms with van der Waals surface area (Å²) in [4.78, 5) is 11.4. The van der Waals surface area contributed by atoms with Crippen LogP contribution in [-0.4, -0.2) is 12.1 Å². The number of cyclic esters (lactones) is 1. The SMILES string of the molecule is C[C@@H]1CCCCCCC=CCCCC(=O)O1. The fourth-order valence-electron chi connectivity index (χ4n) is 1.99. The van der Waals surface area contributed by atoms with E-state index in [0.29, 0.717) is 6.42 Å². The van der Waals surface area contributed by atoms with Gasteiger partial charge in [-0.05, 0) is 45.4 Å². The Kier molecular flexibility index (Phi) is 6.95. The van der Waals surface area contributed by atoms with Crippen molar-refractivity contribution in [1.29, 1.82) is 0 Å². The van der Waals surface area contributed by atoms with Crippen LogP contribution in [0.15, 0.2) is 12.2 Å². The molecular weight excluding hydrogens is 200 g/mol. The molecule has 0 spiro atoms. The van der Waals surface area contributed by atoms with E-state index in [1.807, 2.05) is 6.92 Å². The van der Waals surface area contributed by atoms with E-state index in [2.05, 4.69) is 12.2 Å². The lowest BCUT2D eigenvalue weighted by Gasteiger charge is -2.13. The molecule has 1 aliphatic heterocycles. The van der Waals surface area contributed by atoms with Crippen molar-refractivity contribution in [3.8, 4) is 0 Å². The normalized spacial score (nSPS) is 25.8. The van der Waals surface area contributed by atoms with Crippen LogP contribution in [-0.2, 0) is 9.53 Å². The van der Waals surface area contributed by atoms with Gasteiger partial charge in [0.15, 0.2) is 0 Å². The first-order valence-corrected chi connectivity index (χ1v) is 6.63.